The summed E-state index contributed by atoms with van der Waals surface area (Å²) in [5.41, 5.74) is -1.65. The maximum atomic E-state index is 12.1. The van der Waals surface area contributed by atoms with Crippen LogP contribution in [-0.2, 0) is 23.1 Å². The fourth-order valence-electron chi connectivity index (χ4n) is 2.22. The number of aromatic amines is 1. The van der Waals surface area contributed by atoms with E-state index in [0.29, 0.717) is 0 Å². The Labute approximate surface area is 152 Å². The van der Waals surface area contributed by atoms with Gasteiger partial charge in [0.1, 0.15) is 18.3 Å². The van der Waals surface area contributed by atoms with Crippen molar-refractivity contribution >= 4 is 13.8 Å². The molecular formula is C12H14F3N2O10P. The lowest BCUT2D eigenvalue weighted by Gasteiger charge is -2.18. The number of hydrogen-bond acceptors (Lipinski definition) is 9. The Bertz CT molecular complexity index is 912. The lowest BCUT2D eigenvalue weighted by Crippen LogP contribution is -2.38. The molecule has 0 bridgehead atoms. The number of rotatable bonds is 5. The Morgan fingerprint density at radius 3 is 2.54 bits per heavy atom. The Kier molecular flexibility index (Phi) is 6.18. The maximum absolute atomic E-state index is 12.1. The predicted octanol–water partition coefficient (Wildman–Crippen LogP) is -1.31. The summed E-state index contributed by atoms with van der Waals surface area (Å²) >= 11 is 0. The molecule has 28 heavy (non-hydrogen) atoms. The van der Waals surface area contributed by atoms with Gasteiger partial charge in [0.15, 0.2) is 6.23 Å². The molecule has 1 fully saturated rings. The van der Waals surface area contributed by atoms with E-state index in [9.17, 15) is 42.3 Å². The number of phosphoric acid groups is 1. The van der Waals surface area contributed by atoms with Gasteiger partial charge < -0.3 is 19.5 Å². The van der Waals surface area contributed by atoms with E-state index in [-0.39, 0.29) is 5.56 Å². The van der Waals surface area contributed by atoms with E-state index >= 15 is 0 Å². The zero-order chi connectivity index (χ0) is 21.4. The zero-order valence-electron chi connectivity index (χ0n) is 13.8. The highest BCUT2D eigenvalue weighted by molar-refractivity contribution is 7.48. The Morgan fingerprint density at radius 2 is 1.96 bits per heavy atom. The summed E-state index contributed by atoms with van der Waals surface area (Å²) in [7, 11) is -5.52. The number of aliphatic hydroxyl groups excluding tert-OH is 2. The Balaban J connectivity index is 2.10. The van der Waals surface area contributed by atoms with Crippen LogP contribution >= 0.6 is 7.82 Å². The number of aliphatic hydroxyl groups is 2. The average Bonchev–Trinajstić information content (AvgIpc) is 2.83. The van der Waals surface area contributed by atoms with Crippen LogP contribution in [0.25, 0.3) is 0 Å². The van der Waals surface area contributed by atoms with Crippen molar-refractivity contribution in [3.8, 4) is 0 Å². The molecule has 1 aromatic heterocycles. The molecule has 0 radical (unpaired) electrons. The van der Waals surface area contributed by atoms with Crippen LogP contribution in [0.15, 0.2) is 15.8 Å². The first-order chi connectivity index (χ1) is 12.7. The van der Waals surface area contributed by atoms with Crippen molar-refractivity contribution < 1.29 is 51.4 Å². The van der Waals surface area contributed by atoms with Crippen LogP contribution in [-0.4, -0.2) is 61.7 Å². The molecule has 0 aromatic carbocycles. The molecule has 5 atom stereocenters. The molecule has 2 heterocycles. The van der Waals surface area contributed by atoms with Crippen molar-refractivity contribution in [2.45, 2.75) is 37.6 Å². The molecule has 0 amide bonds. The SMILES string of the molecule is Cc1cn([C@@H]2O[C@H](COP(=O)(O)OC(=O)C(F)(F)F)[C@@H](O)[C@H]2O)c(=O)[nH]c1=O. The van der Waals surface area contributed by atoms with Crippen molar-refractivity contribution in [1.29, 1.82) is 0 Å². The van der Waals surface area contributed by atoms with Crippen LogP contribution < -0.4 is 11.2 Å². The fourth-order valence-corrected chi connectivity index (χ4v) is 2.92. The van der Waals surface area contributed by atoms with Crippen molar-refractivity contribution in [3.05, 3.63) is 32.6 Å². The van der Waals surface area contributed by atoms with Gasteiger partial charge in [0.25, 0.3) is 5.56 Å². The van der Waals surface area contributed by atoms with Crippen LogP contribution in [0.1, 0.15) is 11.8 Å². The molecule has 0 saturated carbocycles. The number of alkyl halides is 3. The summed E-state index contributed by atoms with van der Waals surface area (Å²) < 4.78 is 60.9. The summed E-state index contributed by atoms with van der Waals surface area (Å²) in [6.45, 7) is 0.259. The second-order valence-corrected chi connectivity index (χ2v) is 7.04. The molecular weight excluding hydrogens is 420 g/mol. The van der Waals surface area contributed by atoms with Gasteiger partial charge in [-0.1, -0.05) is 0 Å². The van der Waals surface area contributed by atoms with Crippen molar-refractivity contribution in [3.63, 3.8) is 0 Å². The molecule has 1 unspecified atom stereocenters. The zero-order valence-corrected chi connectivity index (χ0v) is 14.7. The smallest absolute Gasteiger partial charge is 0.387 e. The van der Waals surface area contributed by atoms with E-state index in [2.05, 4.69) is 9.05 Å². The summed E-state index contributed by atoms with van der Waals surface area (Å²) in [5, 5.41) is 19.9. The number of nitrogens with one attached hydrogen (secondary N) is 1. The number of phosphoric ester groups is 1. The Morgan fingerprint density at radius 1 is 1.36 bits per heavy atom. The first kappa shape index (κ1) is 22.3. The number of hydrogen-bond donors (Lipinski definition) is 4. The first-order valence-corrected chi connectivity index (χ1v) is 8.84. The lowest BCUT2D eigenvalue weighted by atomic mass is 10.1. The Hall–Kier alpha value is -2.03. The number of carbonyl (C=O) groups is 1. The van der Waals surface area contributed by atoms with Gasteiger partial charge in [-0.2, -0.15) is 13.2 Å². The normalized spacial score (nSPS) is 27.4. The second-order valence-electron chi connectivity index (χ2n) is 5.67. The van der Waals surface area contributed by atoms with Crippen LogP contribution in [0.3, 0.4) is 0 Å². The molecule has 16 heteroatoms. The molecule has 2 rings (SSSR count). The largest absolute Gasteiger partial charge is 0.529 e. The number of aromatic nitrogens is 2. The summed E-state index contributed by atoms with van der Waals surface area (Å²) in [4.78, 5) is 44.8. The summed E-state index contributed by atoms with van der Waals surface area (Å²) in [6, 6.07) is 0. The van der Waals surface area contributed by atoms with Gasteiger partial charge >= 0.3 is 25.7 Å². The number of halogens is 3. The molecule has 1 saturated heterocycles. The van der Waals surface area contributed by atoms with Gasteiger partial charge in [-0.15, -0.1) is 0 Å². The third-order valence-corrected chi connectivity index (χ3v) is 4.46. The standard InChI is InChI=1S/C12H14F3N2O10P/c1-4-2-17(11(22)16-8(4)20)9-7(19)6(18)5(26-9)3-25-28(23,24)27-10(21)12(13,14)15/h2,5-7,9,18-19H,3H2,1H3,(H,23,24)(H,16,20,22)/t5-,6-,7-,9-/m1/s1. The topological polar surface area (TPSA) is 177 Å². The molecule has 4 N–H and O–H groups in total. The third-order valence-electron chi connectivity index (χ3n) is 3.59. The molecule has 1 aliphatic rings. The molecule has 0 aliphatic carbocycles. The molecule has 158 valence electrons. The third kappa shape index (κ3) is 4.87. The fraction of sp³-hybridized carbons (Fsp3) is 0.583. The molecule has 0 spiro atoms. The van der Waals surface area contributed by atoms with Gasteiger partial charge in [0, 0.05) is 11.8 Å². The minimum atomic E-state index is -5.55. The lowest BCUT2D eigenvalue weighted by molar-refractivity contribution is -0.191. The first-order valence-electron chi connectivity index (χ1n) is 7.34. The van der Waals surface area contributed by atoms with E-state index in [0.717, 1.165) is 10.8 Å². The van der Waals surface area contributed by atoms with Gasteiger partial charge in [0.05, 0.1) is 6.61 Å². The van der Waals surface area contributed by atoms with Crippen molar-refractivity contribution in [1.82, 2.24) is 9.55 Å². The monoisotopic (exact) mass is 434 g/mol. The highest BCUT2D eigenvalue weighted by Crippen LogP contribution is 2.46. The van der Waals surface area contributed by atoms with E-state index in [4.69, 9.17) is 9.63 Å². The molecule has 1 aliphatic heterocycles. The summed E-state index contributed by atoms with van der Waals surface area (Å²) in [5.74, 6) is -2.97. The van der Waals surface area contributed by atoms with E-state index in [1.54, 1.807) is 0 Å². The van der Waals surface area contributed by atoms with Gasteiger partial charge in [-0.25, -0.2) is 14.2 Å². The number of nitrogens with zero attached hydrogens (tertiary/aromatic N) is 1. The van der Waals surface area contributed by atoms with Crippen molar-refractivity contribution in [2.75, 3.05) is 6.61 Å². The highest BCUT2D eigenvalue weighted by Gasteiger charge is 2.48. The molecule has 1 aromatic rings. The second kappa shape index (κ2) is 7.77. The van der Waals surface area contributed by atoms with E-state index in [1.165, 1.54) is 6.92 Å². The maximum Gasteiger partial charge on any atom is 0.529 e. The highest BCUT2D eigenvalue weighted by atomic mass is 31.2. The summed E-state index contributed by atoms with van der Waals surface area (Å²) in [6.07, 6.45) is -11.2. The van der Waals surface area contributed by atoms with Crippen LogP contribution in [0, 0.1) is 6.92 Å². The van der Waals surface area contributed by atoms with Gasteiger partial charge in [-0.05, 0) is 6.92 Å². The van der Waals surface area contributed by atoms with Crippen LogP contribution in [0.5, 0.6) is 0 Å². The van der Waals surface area contributed by atoms with Gasteiger partial charge in [-0.3, -0.25) is 23.8 Å². The number of H-pyrrole nitrogens is 1. The van der Waals surface area contributed by atoms with Crippen LogP contribution in [0.4, 0.5) is 13.2 Å². The minimum absolute atomic E-state index is 0.0588. The predicted molar refractivity (Wildman–Crippen MR) is 79.9 cm³/mol. The quantitative estimate of drug-likeness (QED) is 0.407. The average molecular weight is 434 g/mol. The van der Waals surface area contributed by atoms with Crippen LogP contribution in [0.2, 0.25) is 0 Å². The van der Waals surface area contributed by atoms with E-state index in [1.807, 2.05) is 4.98 Å². The minimum Gasteiger partial charge on any atom is -0.387 e. The van der Waals surface area contributed by atoms with Crippen molar-refractivity contribution in [2.24, 2.45) is 0 Å². The molecule has 12 nitrogen and oxygen atoms in total. The number of ether oxygens (including phenoxy) is 1. The van der Waals surface area contributed by atoms with E-state index < -0.39 is 62.4 Å². The number of aryl methyl sites for hydroxylation is 1. The van der Waals surface area contributed by atoms with Gasteiger partial charge in [0.2, 0.25) is 0 Å². The number of carbonyl (C=O) groups excluding carboxylic acids is 1.